The molecule has 0 aromatic heterocycles. The lowest BCUT2D eigenvalue weighted by Gasteiger charge is -2.31. The van der Waals surface area contributed by atoms with Crippen LogP contribution in [-0.2, 0) is 0 Å². The van der Waals surface area contributed by atoms with Crippen LogP contribution in [0.4, 0.5) is 0 Å². The van der Waals surface area contributed by atoms with Gasteiger partial charge in [-0.2, -0.15) is 0 Å². The van der Waals surface area contributed by atoms with Gasteiger partial charge in [0.05, 0.1) is 0 Å². The molecule has 2 aliphatic rings. The molecule has 0 spiro atoms. The number of nitrogens with zero attached hydrogens (tertiary/aromatic N) is 1. The largest absolute Gasteiger partial charge is 0.329 e. The lowest BCUT2D eigenvalue weighted by Crippen LogP contribution is -2.54. The third kappa shape index (κ3) is 3.21. The Morgan fingerprint density at radius 3 is 2.59 bits per heavy atom. The van der Waals surface area contributed by atoms with E-state index in [-0.39, 0.29) is 5.54 Å². The predicted octanol–water partition coefficient (Wildman–Crippen LogP) is 1.58. The van der Waals surface area contributed by atoms with Crippen molar-refractivity contribution in [2.24, 2.45) is 11.7 Å². The second-order valence-electron chi connectivity index (χ2n) is 6.00. The van der Waals surface area contributed by atoms with Crippen LogP contribution in [0.25, 0.3) is 0 Å². The molecule has 100 valence electrons. The molecule has 17 heavy (non-hydrogen) atoms. The minimum Gasteiger partial charge on any atom is -0.329 e. The van der Waals surface area contributed by atoms with Crippen LogP contribution in [-0.4, -0.2) is 42.7 Å². The van der Waals surface area contributed by atoms with E-state index in [1.807, 2.05) is 0 Å². The van der Waals surface area contributed by atoms with Gasteiger partial charge in [0.15, 0.2) is 0 Å². The highest BCUT2D eigenvalue weighted by atomic mass is 15.3. The normalized spacial score (nSPS) is 30.4. The Kier molecular flexibility index (Phi) is 4.45. The maximum absolute atomic E-state index is 6.03. The van der Waals surface area contributed by atoms with Crippen LogP contribution in [0.2, 0.25) is 0 Å². The van der Waals surface area contributed by atoms with E-state index in [1.165, 1.54) is 45.2 Å². The van der Waals surface area contributed by atoms with Crippen LogP contribution >= 0.6 is 0 Å². The van der Waals surface area contributed by atoms with Gasteiger partial charge in [-0.15, -0.1) is 0 Å². The van der Waals surface area contributed by atoms with Gasteiger partial charge < -0.3 is 11.1 Å². The summed E-state index contributed by atoms with van der Waals surface area (Å²) in [7, 11) is 0. The minimum atomic E-state index is 0.213. The number of nitrogens with two attached hydrogens (primary N) is 1. The molecule has 1 saturated carbocycles. The monoisotopic (exact) mass is 239 g/mol. The fraction of sp³-hybridized carbons (Fsp3) is 1.00. The molecule has 0 radical (unpaired) electrons. The van der Waals surface area contributed by atoms with Crippen molar-refractivity contribution < 1.29 is 0 Å². The Morgan fingerprint density at radius 2 is 2.06 bits per heavy atom. The van der Waals surface area contributed by atoms with Crippen molar-refractivity contribution in [2.45, 2.75) is 57.5 Å². The standard InChI is InChI=1S/C14H29N3/c1-3-12(4-2)9-16-14(10-15)7-8-17(11-14)13-5-6-13/h12-13,16H,3-11,15H2,1-2H3. The molecular formula is C14H29N3. The Bertz CT molecular complexity index is 236. The highest BCUT2D eigenvalue weighted by Gasteiger charge is 2.42. The second-order valence-corrected chi connectivity index (χ2v) is 6.00. The van der Waals surface area contributed by atoms with E-state index in [4.69, 9.17) is 5.73 Å². The highest BCUT2D eigenvalue weighted by molar-refractivity contribution is 5.02. The Morgan fingerprint density at radius 1 is 1.35 bits per heavy atom. The number of likely N-dealkylation sites (tertiary alicyclic amines) is 1. The molecule has 2 fully saturated rings. The summed E-state index contributed by atoms with van der Waals surface area (Å²) >= 11 is 0. The molecule has 0 bridgehead atoms. The van der Waals surface area contributed by atoms with Crippen molar-refractivity contribution >= 4 is 0 Å². The lowest BCUT2D eigenvalue weighted by atomic mass is 9.96. The summed E-state index contributed by atoms with van der Waals surface area (Å²) in [5.74, 6) is 0.813. The van der Waals surface area contributed by atoms with Crippen LogP contribution in [0.15, 0.2) is 0 Å². The van der Waals surface area contributed by atoms with Crippen LogP contribution in [0, 0.1) is 5.92 Å². The fourth-order valence-electron chi connectivity index (χ4n) is 2.98. The Balaban J connectivity index is 1.82. The maximum Gasteiger partial charge on any atom is 0.0445 e. The van der Waals surface area contributed by atoms with Gasteiger partial charge in [0.1, 0.15) is 0 Å². The SMILES string of the molecule is CCC(CC)CNC1(CN)CCN(C2CC2)C1. The molecule has 1 heterocycles. The summed E-state index contributed by atoms with van der Waals surface area (Å²) in [6.45, 7) is 8.93. The molecule has 1 unspecified atom stereocenters. The van der Waals surface area contributed by atoms with Gasteiger partial charge in [0.2, 0.25) is 0 Å². The molecule has 0 amide bonds. The van der Waals surface area contributed by atoms with E-state index in [9.17, 15) is 0 Å². The molecule has 1 aliphatic carbocycles. The first-order valence-corrected chi connectivity index (χ1v) is 7.42. The summed E-state index contributed by atoms with van der Waals surface area (Å²) in [4.78, 5) is 2.65. The summed E-state index contributed by atoms with van der Waals surface area (Å²) in [6.07, 6.45) is 6.60. The smallest absolute Gasteiger partial charge is 0.0445 e. The van der Waals surface area contributed by atoms with E-state index >= 15 is 0 Å². The van der Waals surface area contributed by atoms with Crippen LogP contribution in [0.5, 0.6) is 0 Å². The van der Waals surface area contributed by atoms with Crippen molar-refractivity contribution in [1.29, 1.82) is 0 Å². The third-order valence-corrected chi connectivity index (χ3v) is 4.76. The van der Waals surface area contributed by atoms with Crippen molar-refractivity contribution in [3.8, 4) is 0 Å². The zero-order valence-electron chi connectivity index (χ0n) is 11.5. The molecule has 1 aliphatic heterocycles. The number of rotatable bonds is 7. The molecule has 1 saturated heterocycles. The van der Waals surface area contributed by atoms with Gasteiger partial charge in [-0.25, -0.2) is 0 Å². The van der Waals surface area contributed by atoms with Gasteiger partial charge in [0, 0.05) is 31.2 Å². The van der Waals surface area contributed by atoms with Crippen molar-refractivity contribution in [1.82, 2.24) is 10.2 Å². The van der Waals surface area contributed by atoms with Crippen molar-refractivity contribution in [3.05, 3.63) is 0 Å². The number of hydrogen-bond acceptors (Lipinski definition) is 3. The summed E-state index contributed by atoms with van der Waals surface area (Å²) in [6, 6.07) is 0.887. The van der Waals surface area contributed by atoms with Crippen LogP contribution < -0.4 is 11.1 Å². The molecule has 1 atom stereocenters. The predicted molar refractivity (Wildman–Crippen MR) is 73.1 cm³/mol. The van der Waals surface area contributed by atoms with Gasteiger partial charge in [0.25, 0.3) is 0 Å². The third-order valence-electron chi connectivity index (χ3n) is 4.76. The fourth-order valence-corrected chi connectivity index (χ4v) is 2.98. The van der Waals surface area contributed by atoms with E-state index in [2.05, 4.69) is 24.1 Å². The first-order chi connectivity index (χ1) is 8.23. The molecular weight excluding hydrogens is 210 g/mol. The number of nitrogens with one attached hydrogen (secondary N) is 1. The number of hydrogen-bond donors (Lipinski definition) is 2. The molecule has 0 aromatic rings. The minimum absolute atomic E-state index is 0.213. The average Bonchev–Trinajstić information content (AvgIpc) is 3.12. The average molecular weight is 239 g/mol. The van der Waals surface area contributed by atoms with Crippen molar-refractivity contribution in [2.75, 3.05) is 26.2 Å². The molecule has 3 heteroatoms. The topological polar surface area (TPSA) is 41.3 Å². The second kappa shape index (κ2) is 5.68. The van der Waals surface area contributed by atoms with Gasteiger partial charge >= 0.3 is 0 Å². The van der Waals surface area contributed by atoms with Gasteiger partial charge in [-0.1, -0.05) is 26.7 Å². The molecule has 2 rings (SSSR count). The molecule has 3 nitrogen and oxygen atoms in total. The Hall–Kier alpha value is -0.120. The highest BCUT2D eigenvalue weighted by Crippen LogP contribution is 2.33. The van der Waals surface area contributed by atoms with Gasteiger partial charge in [-0.3, -0.25) is 4.90 Å². The van der Waals surface area contributed by atoms with E-state index < -0.39 is 0 Å². The molecule has 0 aromatic carbocycles. The van der Waals surface area contributed by atoms with Crippen LogP contribution in [0.1, 0.15) is 46.0 Å². The van der Waals surface area contributed by atoms with Gasteiger partial charge in [-0.05, 0) is 31.7 Å². The Labute approximate surface area is 106 Å². The van der Waals surface area contributed by atoms with Crippen molar-refractivity contribution in [3.63, 3.8) is 0 Å². The first-order valence-electron chi connectivity index (χ1n) is 7.42. The lowest BCUT2D eigenvalue weighted by molar-refractivity contribution is 0.263. The summed E-state index contributed by atoms with van der Waals surface area (Å²) in [5, 5.41) is 3.79. The maximum atomic E-state index is 6.03. The summed E-state index contributed by atoms with van der Waals surface area (Å²) in [5.41, 5.74) is 6.25. The zero-order chi connectivity index (χ0) is 12.3. The quantitative estimate of drug-likeness (QED) is 0.709. The first kappa shape index (κ1) is 13.3. The van der Waals surface area contributed by atoms with E-state index in [0.717, 1.165) is 25.0 Å². The van der Waals surface area contributed by atoms with E-state index in [0.29, 0.717) is 0 Å². The zero-order valence-corrected chi connectivity index (χ0v) is 11.5. The van der Waals surface area contributed by atoms with E-state index in [1.54, 1.807) is 0 Å². The van der Waals surface area contributed by atoms with Crippen LogP contribution in [0.3, 0.4) is 0 Å². The molecule has 3 N–H and O–H groups in total. The summed E-state index contributed by atoms with van der Waals surface area (Å²) < 4.78 is 0.